The quantitative estimate of drug-likeness (QED) is 0.786. The molecule has 0 saturated heterocycles. The summed E-state index contributed by atoms with van der Waals surface area (Å²) in [5, 5.41) is 3.66. The van der Waals surface area contributed by atoms with Crippen LogP contribution in [0.1, 0.15) is 74.2 Å². The van der Waals surface area contributed by atoms with Crippen LogP contribution in [0.2, 0.25) is 0 Å². The number of rotatable bonds is 4. The lowest BCUT2D eigenvalue weighted by molar-refractivity contribution is -0.131. The molecule has 1 N–H and O–H groups in total. The van der Waals surface area contributed by atoms with E-state index in [1.54, 1.807) is 6.92 Å². The Morgan fingerprint density at radius 1 is 1.19 bits per heavy atom. The fourth-order valence-electron chi connectivity index (χ4n) is 5.49. The molecule has 3 aliphatic rings. The predicted octanol–water partition coefficient (Wildman–Crippen LogP) is 4.14. The largest absolute Gasteiger partial charge is 0.462 e. The number of ketones is 1. The van der Waals surface area contributed by atoms with Crippen LogP contribution in [0.25, 0.3) is 0 Å². The maximum absolute atomic E-state index is 13.4. The van der Waals surface area contributed by atoms with E-state index in [4.69, 9.17) is 4.74 Å². The van der Waals surface area contributed by atoms with Gasteiger partial charge in [-0.15, -0.1) is 11.3 Å². The Hall–Kier alpha value is -1.69. The molecule has 0 aromatic carbocycles. The van der Waals surface area contributed by atoms with Crippen molar-refractivity contribution in [2.24, 2.45) is 16.2 Å². The van der Waals surface area contributed by atoms with Crippen molar-refractivity contribution in [3.63, 3.8) is 0 Å². The van der Waals surface area contributed by atoms with Gasteiger partial charge in [-0.05, 0) is 50.0 Å². The Labute approximate surface area is 163 Å². The first-order chi connectivity index (χ1) is 12.7. The van der Waals surface area contributed by atoms with Crippen LogP contribution in [0.3, 0.4) is 0 Å². The minimum atomic E-state index is -0.695. The van der Waals surface area contributed by atoms with Gasteiger partial charge in [0.1, 0.15) is 10.8 Å². The molecule has 1 aromatic rings. The van der Waals surface area contributed by atoms with E-state index in [0.29, 0.717) is 30.0 Å². The van der Waals surface area contributed by atoms with Crippen molar-refractivity contribution >= 4 is 34.0 Å². The normalized spacial score (nSPS) is 30.4. The number of carbonyl (C=O) groups excluding carboxylic acids is 3. The van der Waals surface area contributed by atoms with Gasteiger partial charge in [-0.2, -0.15) is 0 Å². The third-order valence-electron chi connectivity index (χ3n) is 7.77. The van der Waals surface area contributed by atoms with Crippen molar-refractivity contribution in [1.29, 1.82) is 0 Å². The highest BCUT2D eigenvalue weighted by molar-refractivity contribution is 7.17. The number of carbonyl (C=O) groups is 3. The van der Waals surface area contributed by atoms with Crippen molar-refractivity contribution in [1.82, 2.24) is 0 Å². The number of anilines is 1. The van der Waals surface area contributed by atoms with Crippen LogP contribution in [0.15, 0.2) is 0 Å². The van der Waals surface area contributed by atoms with E-state index in [-0.39, 0.29) is 17.7 Å². The van der Waals surface area contributed by atoms with Crippen LogP contribution >= 0.6 is 11.3 Å². The number of hydrogen-bond donors (Lipinski definition) is 1. The van der Waals surface area contributed by atoms with Gasteiger partial charge >= 0.3 is 5.97 Å². The number of nitrogens with one attached hydrogen (secondary N) is 1. The van der Waals surface area contributed by atoms with Crippen molar-refractivity contribution in [3.05, 3.63) is 16.0 Å². The Balaban J connectivity index is 1.69. The number of thiophene rings is 1. The number of amides is 1. The SMILES string of the molecule is CCOC(=O)c1c(NC(=O)C23CCC(C)(C(=O)C2)C3(C)C)sc2c1CCC2. The number of aryl methyl sites for hydroxylation is 1. The Kier molecular flexibility index (Phi) is 4.08. The van der Waals surface area contributed by atoms with Crippen LogP contribution in [-0.4, -0.2) is 24.3 Å². The molecule has 0 aliphatic heterocycles. The molecule has 2 atom stereocenters. The average Bonchev–Trinajstić information content (AvgIpc) is 3.25. The van der Waals surface area contributed by atoms with E-state index in [1.165, 1.54) is 16.2 Å². The monoisotopic (exact) mass is 389 g/mol. The molecule has 1 amide bonds. The first kappa shape index (κ1) is 18.7. The van der Waals surface area contributed by atoms with Crippen LogP contribution in [0.4, 0.5) is 5.00 Å². The highest BCUT2D eigenvalue weighted by Gasteiger charge is 2.72. The minimum absolute atomic E-state index is 0.118. The van der Waals surface area contributed by atoms with Crippen LogP contribution in [0, 0.1) is 16.2 Å². The van der Waals surface area contributed by atoms with Crippen molar-refractivity contribution in [3.8, 4) is 0 Å². The zero-order chi connectivity index (χ0) is 19.6. The topological polar surface area (TPSA) is 72.5 Å². The minimum Gasteiger partial charge on any atom is -0.462 e. The van der Waals surface area contributed by atoms with Gasteiger partial charge in [-0.25, -0.2) is 4.79 Å². The molecule has 6 heteroatoms. The molecular weight excluding hydrogens is 362 g/mol. The molecule has 146 valence electrons. The standard InChI is InChI=1S/C21H27NO4S/c1-5-26-17(24)15-12-7-6-8-13(12)27-16(15)22-18(25)21-10-9-20(4,14(23)11-21)19(21,2)3/h5-11H2,1-4H3,(H,22,25). The van der Waals surface area contributed by atoms with Crippen molar-refractivity contribution in [2.75, 3.05) is 11.9 Å². The third kappa shape index (κ3) is 2.25. The molecular formula is C21H27NO4S. The molecule has 1 aromatic heterocycles. The van der Waals surface area contributed by atoms with E-state index in [2.05, 4.69) is 5.32 Å². The van der Waals surface area contributed by atoms with E-state index in [0.717, 1.165) is 31.2 Å². The van der Waals surface area contributed by atoms with Crippen LogP contribution < -0.4 is 5.32 Å². The van der Waals surface area contributed by atoms with E-state index in [9.17, 15) is 14.4 Å². The average molecular weight is 390 g/mol. The predicted molar refractivity (Wildman–Crippen MR) is 104 cm³/mol. The van der Waals surface area contributed by atoms with Gasteiger partial charge in [0.15, 0.2) is 0 Å². The lowest BCUT2D eigenvalue weighted by Gasteiger charge is -2.38. The summed E-state index contributed by atoms with van der Waals surface area (Å²) >= 11 is 1.50. The van der Waals surface area contributed by atoms with Gasteiger partial charge in [0.05, 0.1) is 17.6 Å². The zero-order valence-corrected chi connectivity index (χ0v) is 17.3. The number of ether oxygens (including phenoxy) is 1. The Bertz CT molecular complexity index is 855. The summed E-state index contributed by atoms with van der Waals surface area (Å²) in [6.45, 7) is 8.19. The number of Topliss-reactive ketones (excluding diaryl/α,β-unsaturated/α-hetero) is 1. The molecule has 0 spiro atoms. The third-order valence-corrected chi connectivity index (χ3v) is 8.98. The molecule has 1 heterocycles. The first-order valence-corrected chi connectivity index (χ1v) is 10.7. The highest BCUT2D eigenvalue weighted by atomic mass is 32.1. The molecule has 2 fully saturated rings. The van der Waals surface area contributed by atoms with Crippen molar-refractivity contribution in [2.45, 2.75) is 66.2 Å². The molecule has 27 heavy (non-hydrogen) atoms. The summed E-state index contributed by atoms with van der Waals surface area (Å²) in [5.74, 6) is -0.288. The van der Waals surface area contributed by atoms with Crippen LogP contribution in [-0.2, 0) is 27.2 Å². The summed E-state index contributed by atoms with van der Waals surface area (Å²) in [6.07, 6.45) is 4.58. The Morgan fingerprint density at radius 2 is 1.93 bits per heavy atom. The van der Waals surface area contributed by atoms with Gasteiger partial charge in [0, 0.05) is 16.7 Å². The lowest BCUT2D eigenvalue weighted by atomic mass is 9.64. The fraction of sp³-hybridized carbons (Fsp3) is 0.667. The van der Waals surface area contributed by atoms with Crippen molar-refractivity contribution < 1.29 is 19.1 Å². The second-order valence-electron chi connectivity index (χ2n) is 8.88. The molecule has 0 radical (unpaired) electrons. The first-order valence-electron chi connectivity index (χ1n) is 9.84. The molecule has 2 unspecified atom stereocenters. The summed E-state index contributed by atoms with van der Waals surface area (Å²) in [6, 6.07) is 0. The molecule has 2 saturated carbocycles. The van der Waals surface area contributed by atoms with E-state index >= 15 is 0 Å². The zero-order valence-electron chi connectivity index (χ0n) is 16.5. The van der Waals surface area contributed by atoms with Gasteiger partial charge in [-0.1, -0.05) is 20.8 Å². The second kappa shape index (κ2) is 5.90. The van der Waals surface area contributed by atoms with E-state index < -0.39 is 16.2 Å². The summed E-state index contributed by atoms with van der Waals surface area (Å²) < 4.78 is 5.26. The van der Waals surface area contributed by atoms with Gasteiger partial charge < -0.3 is 10.1 Å². The van der Waals surface area contributed by atoms with Gasteiger partial charge in [-0.3, -0.25) is 9.59 Å². The molecule has 2 bridgehead atoms. The van der Waals surface area contributed by atoms with Gasteiger partial charge in [0.25, 0.3) is 0 Å². The number of hydrogen-bond acceptors (Lipinski definition) is 5. The molecule has 5 nitrogen and oxygen atoms in total. The second-order valence-corrected chi connectivity index (χ2v) is 9.98. The molecule has 3 aliphatic carbocycles. The maximum Gasteiger partial charge on any atom is 0.341 e. The summed E-state index contributed by atoms with van der Waals surface area (Å²) in [5.41, 5.74) is 0.0296. The highest BCUT2D eigenvalue weighted by Crippen LogP contribution is 2.70. The Morgan fingerprint density at radius 3 is 2.52 bits per heavy atom. The summed E-state index contributed by atoms with van der Waals surface area (Å²) in [4.78, 5) is 39.8. The van der Waals surface area contributed by atoms with Gasteiger partial charge in [0.2, 0.25) is 5.91 Å². The summed E-state index contributed by atoms with van der Waals surface area (Å²) in [7, 11) is 0. The smallest absolute Gasteiger partial charge is 0.341 e. The maximum atomic E-state index is 13.4. The number of esters is 1. The van der Waals surface area contributed by atoms with E-state index in [1.807, 2.05) is 20.8 Å². The fourth-order valence-corrected chi connectivity index (χ4v) is 6.77. The number of fused-ring (bicyclic) bond motifs is 3. The lowest BCUT2D eigenvalue weighted by Crippen LogP contribution is -2.43. The van der Waals surface area contributed by atoms with Crippen LogP contribution in [0.5, 0.6) is 0 Å². The molecule has 4 rings (SSSR count).